The van der Waals surface area contributed by atoms with Crippen LogP contribution in [0.25, 0.3) is 11.0 Å². The number of benzene rings is 2. The first-order valence-corrected chi connectivity index (χ1v) is 7.30. The number of hydrogen-bond acceptors (Lipinski definition) is 3. The number of amides is 1. The van der Waals surface area contributed by atoms with Gasteiger partial charge in [0.2, 0.25) is 5.91 Å². The van der Waals surface area contributed by atoms with E-state index in [2.05, 4.69) is 10.3 Å². The van der Waals surface area contributed by atoms with Crippen molar-refractivity contribution < 1.29 is 13.9 Å². The topological polar surface area (TPSA) is 76.1 Å². The van der Waals surface area contributed by atoms with E-state index in [9.17, 15) is 14.0 Å². The van der Waals surface area contributed by atoms with Crippen LogP contribution < -0.4 is 15.7 Å². The van der Waals surface area contributed by atoms with E-state index in [0.717, 1.165) is 5.56 Å². The van der Waals surface area contributed by atoms with Crippen LogP contribution >= 0.6 is 0 Å². The van der Waals surface area contributed by atoms with Crippen LogP contribution in [0, 0.1) is 12.7 Å². The van der Waals surface area contributed by atoms with Crippen molar-refractivity contribution in [3.63, 3.8) is 0 Å². The summed E-state index contributed by atoms with van der Waals surface area (Å²) in [5.41, 5.74) is 1.84. The maximum absolute atomic E-state index is 13.2. The van der Waals surface area contributed by atoms with Crippen molar-refractivity contribution in [2.24, 2.45) is 0 Å². The van der Waals surface area contributed by atoms with Gasteiger partial charge >= 0.3 is 5.69 Å². The van der Waals surface area contributed by atoms with Gasteiger partial charge in [-0.3, -0.25) is 9.36 Å². The van der Waals surface area contributed by atoms with Gasteiger partial charge in [-0.05, 0) is 42.8 Å². The van der Waals surface area contributed by atoms with Crippen LogP contribution in [0.2, 0.25) is 0 Å². The summed E-state index contributed by atoms with van der Waals surface area (Å²) in [6, 6.07) is 9.33. The number of methoxy groups -OCH3 is 1. The van der Waals surface area contributed by atoms with Crippen molar-refractivity contribution in [3.05, 3.63) is 58.3 Å². The molecule has 24 heavy (non-hydrogen) atoms. The standard InChI is InChI=1S/C17H16FN3O3/c1-10-3-6-15(24-2)13(7-10)19-16(22)9-21-14-5-4-11(18)8-12(14)20-17(21)23/h3-8H,9H2,1-2H3,(H,19,22)(H,20,23). The third kappa shape index (κ3) is 3.01. The quantitative estimate of drug-likeness (QED) is 0.772. The fourth-order valence-electron chi connectivity index (χ4n) is 2.55. The lowest BCUT2D eigenvalue weighted by molar-refractivity contribution is -0.116. The highest BCUT2D eigenvalue weighted by atomic mass is 19.1. The van der Waals surface area contributed by atoms with Gasteiger partial charge in [-0.2, -0.15) is 0 Å². The Bertz CT molecular complexity index is 975. The Kier molecular flexibility index (Phi) is 4.07. The number of aromatic nitrogens is 2. The predicted octanol–water partition coefficient (Wildman–Crippen LogP) is 2.42. The lowest BCUT2D eigenvalue weighted by Crippen LogP contribution is -2.26. The zero-order chi connectivity index (χ0) is 17.3. The zero-order valence-corrected chi connectivity index (χ0v) is 13.2. The fraction of sp³-hybridized carbons (Fsp3) is 0.176. The van der Waals surface area contributed by atoms with Gasteiger partial charge in [0.25, 0.3) is 0 Å². The SMILES string of the molecule is COc1ccc(C)cc1NC(=O)Cn1c(=O)[nH]c2cc(F)ccc21. The molecule has 0 aliphatic heterocycles. The summed E-state index contributed by atoms with van der Waals surface area (Å²) < 4.78 is 19.7. The molecule has 124 valence electrons. The smallest absolute Gasteiger partial charge is 0.326 e. The normalized spacial score (nSPS) is 10.8. The van der Waals surface area contributed by atoms with Crippen LogP contribution in [0.3, 0.4) is 0 Å². The molecule has 7 heteroatoms. The van der Waals surface area contributed by atoms with E-state index in [1.165, 1.54) is 29.9 Å². The number of aryl methyl sites for hydroxylation is 1. The Labute approximate surface area is 136 Å². The van der Waals surface area contributed by atoms with E-state index >= 15 is 0 Å². The number of H-pyrrole nitrogens is 1. The number of halogens is 1. The molecule has 0 bridgehead atoms. The summed E-state index contributed by atoms with van der Waals surface area (Å²) in [7, 11) is 1.51. The number of carbonyl (C=O) groups excluding carboxylic acids is 1. The highest BCUT2D eigenvalue weighted by Gasteiger charge is 2.13. The summed E-state index contributed by atoms with van der Waals surface area (Å²) >= 11 is 0. The minimum absolute atomic E-state index is 0.193. The van der Waals surface area contributed by atoms with Gasteiger partial charge in [-0.15, -0.1) is 0 Å². The van der Waals surface area contributed by atoms with Crippen LogP contribution in [0.1, 0.15) is 5.56 Å². The molecular formula is C17H16FN3O3. The summed E-state index contributed by atoms with van der Waals surface area (Å²) in [6.45, 7) is 1.70. The number of anilines is 1. The Morgan fingerprint density at radius 3 is 2.83 bits per heavy atom. The van der Waals surface area contributed by atoms with Crippen LogP contribution in [0.15, 0.2) is 41.2 Å². The van der Waals surface area contributed by atoms with Crippen molar-refractivity contribution in [3.8, 4) is 5.75 Å². The summed E-state index contributed by atoms with van der Waals surface area (Å²) in [6.07, 6.45) is 0. The van der Waals surface area contributed by atoms with E-state index in [4.69, 9.17) is 4.74 Å². The minimum Gasteiger partial charge on any atom is -0.495 e. The van der Waals surface area contributed by atoms with E-state index < -0.39 is 11.5 Å². The van der Waals surface area contributed by atoms with E-state index in [1.807, 2.05) is 13.0 Å². The highest BCUT2D eigenvalue weighted by Crippen LogP contribution is 2.25. The van der Waals surface area contributed by atoms with Gasteiger partial charge in [-0.25, -0.2) is 9.18 Å². The average molecular weight is 329 g/mol. The maximum atomic E-state index is 13.2. The fourth-order valence-corrected chi connectivity index (χ4v) is 2.55. The number of rotatable bonds is 4. The molecule has 0 unspecified atom stereocenters. The number of carbonyl (C=O) groups is 1. The number of imidazole rings is 1. The van der Waals surface area contributed by atoms with Crippen LogP contribution in [-0.4, -0.2) is 22.6 Å². The van der Waals surface area contributed by atoms with Crippen molar-refractivity contribution >= 4 is 22.6 Å². The number of nitrogens with zero attached hydrogens (tertiary/aromatic N) is 1. The molecule has 2 N–H and O–H groups in total. The van der Waals surface area contributed by atoms with Gasteiger partial charge in [0.15, 0.2) is 0 Å². The molecule has 2 aromatic carbocycles. The molecule has 1 heterocycles. The molecule has 0 atom stereocenters. The number of ether oxygens (including phenoxy) is 1. The molecule has 0 spiro atoms. The first-order chi connectivity index (χ1) is 11.5. The first kappa shape index (κ1) is 15.8. The second kappa shape index (κ2) is 6.19. The molecule has 0 saturated carbocycles. The lowest BCUT2D eigenvalue weighted by Gasteiger charge is -2.11. The second-order valence-electron chi connectivity index (χ2n) is 5.43. The highest BCUT2D eigenvalue weighted by molar-refractivity contribution is 5.93. The summed E-state index contributed by atoms with van der Waals surface area (Å²) in [5.74, 6) is -0.307. The van der Waals surface area contributed by atoms with Crippen molar-refractivity contribution in [2.45, 2.75) is 13.5 Å². The zero-order valence-electron chi connectivity index (χ0n) is 13.2. The van der Waals surface area contributed by atoms with Crippen LogP contribution in [0.5, 0.6) is 5.75 Å². The first-order valence-electron chi connectivity index (χ1n) is 7.30. The molecule has 0 fully saturated rings. The maximum Gasteiger partial charge on any atom is 0.326 e. The van der Waals surface area contributed by atoms with Crippen LogP contribution in [-0.2, 0) is 11.3 Å². The molecule has 6 nitrogen and oxygen atoms in total. The molecule has 3 aromatic rings. The van der Waals surface area contributed by atoms with E-state index in [-0.39, 0.29) is 12.5 Å². The third-order valence-electron chi connectivity index (χ3n) is 3.67. The average Bonchev–Trinajstić information content (AvgIpc) is 2.82. The molecular weight excluding hydrogens is 313 g/mol. The summed E-state index contributed by atoms with van der Waals surface area (Å²) in [4.78, 5) is 26.8. The Hall–Kier alpha value is -3.09. The molecule has 0 saturated heterocycles. The predicted molar refractivity (Wildman–Crippen MR) is 88.9 cm³/mol. The van der Waals surface area contributed by atoms with Crippen molar-refractivity contribution in [1.29, 1.82) is 0 Å². The third-order valence-corrected chi connectivity index (χ3v) is 3.67. The Balaban J connectivity index is 1.87. The summed E-state index contributed by atoms with van der Waals surface area (Å²) in [5, 5.41) is 2.73. The molecule has 0 aliphatic carbocycles. The Morgan fingerprint density at radius 1 is 1.29 bits per heavy atom. The number of hydrogen-bond donors (Lipinski definition) is 2. The van der Waals surface area contributed by atoms with E-state index in [0.29, 0.717) is 22.5 Å². The van der Waals surface area contributed by atoms with Gasteiger partial charge in [0, 0.05) is 0 Å². The molecule has 0 aliphatic rings. The molecule has 1 aromatic heterocycles. The molecule has 3 rings (SSSR count). The number of aromatic amines is 1. The van der Waals surface area contributed by atoms with Crippen molar-refractivity contribution in [2.75, 3.05) is 12.4 Å². The van der Waals surface area contributed by atoms with E-state index in [1.54, 1.807) is 12.1 Å². The van der Waals surface area contributed by atoms with Gasteiger partial charge in [0.1, 0.15) is 18.1 Å². The number of fused-ring (bicyclic) bond motifs is 1. The second-order valence-corrected chi connectivity index (χ2v) is 5.43. The van der Waals surface area contributed by atoms with Gasteiger partial charge < -0.3 is 15.0 Å². The van der Waals surface area contributed by atoms with Gasteiger partial charge in [-0.1, -0.05) is 6.07 Å². The van der Waals surface area contributed by atoms with Gasteiger partial charge in [0.05, 0.1) is 23.8 Å². The monoisotopic (exact) mass is 329 g/mol. The lowest BCUT2D eigenvalue weighted by atomic mass is 10.2. The molecule has 0 radical (unpaired) electrons. The van der Waals surface area contributed by atoms with Crippen molar-refractivity contribution in [1.82, 2.24) is 9.55 Å². The minimum atomic E-state index is -0.470. The molecule has 1 amide bonds. The largest absolute Gasteiger partial charge is 0.495 e. The van der Waals surface area contributed by atoms with Crippen LogP contribution in [0.4, 0.5) is 10.1 Å². The number of nitrogens with one attached hydrogen (secondary N) is 2. The Morgan fingerprint density at radius 2 is 2.08 bits per heavy atom.